The molecule has 5 rings (SSSR count). The molecular formula is C30H23Cl2N3O2. The predicted molar refractivity (Wildman–Crippen MR) is 150 cm³/mol. The van der Waals surface area contributed by atoms with Gasteiger partial charge >= 0.3 is 0 Å². The molecule has 0 saturated carbocycles. The molecule has 3 aromatic carbocycles. The van der Waals surface area contributed by atoms with Gasteiger partial charge in [-0.3, -0.25) is 9.78 Å². The molecule has 0 aliphatic carbocycles. The molecule has 2 aromatic heterocycles. The van der Waals surface area contributed by atoms with Gasteiger partial charge in [-0.05, 0) is 59.0 Å². The summed E-state index contributed by atoms with van der Waals surface area (Å²) >= 11 is 12.5. The SMILES string of the molecule is COc1ccc(/C=C/c2nc(-c3ccc(Cl)cc3Cl)cn2CC(=O)Cc2cccc3cnccc23)cc1. The van der Waals surface area contributed by atoms with Crippen LogP contribution in [-0.4, -0.2) is 27.4 Å². The summed E-state index contributed by atoms with van der Waals surface area (Å²) in [5.41, 5.74) is 3.37. The molecule has 0 atom stereocenters. The molecule has 0 N–H and O–H groups in total. The van der Waals surface area contributed by atoms with Gasteiger partial charge in [0.25, 0.3) is 0 Å². The highest BCUT2D eigenvalue weighted by atomic mass is 35.5. The Kier molecular flexibility index (Phi) is 7.35. The van der Waals surface area contributed by atoms with Crippen LogP contribution in [0.4, 0.5) is 0 Å². The molecule has 0 spiro atoms. The first-order valence-electron chi connectivity index (χ1n) is 11.7. The standard InChI is InChI=1S/C30H23Cl2N3O2/c1-37-25-9-5-20(6-10-25)7-12-30-34-29(27-11-8-23(31)16-28(27)32)19-35(30)18-24(36)15-21-3-2-4-22-17-33-14-13-26(21)22/h2-14,16-17,19H,15,18H2,1H3/b12-7+. The van der Waals surface area contributed by atoms with Crippen LogP contribution >= 0.6 is 23.2 Å². The second-order valence-corrected chi connectivity index (χ2v) is 9.42. The number of rotatable bonds is 8. The highest BCUT2D eigenvalue weighted by molar-refractivity contribution is 6.36. The lowest BCUT2D eigenvalue weighted by Crippen LogP contribution is -2.13. The van der Waals surface area contributed by atoms with E-state index in [9.17, 15) is 4.79 Å². The zero-order valence-corrected chi connectivity index (χ0v) is 21.6. The number of carbonyl (C=O) groups excluding carboxylic acids is 1. The summed E-state index contributed by atoms with van der Waals surface area (Å²) in [5, 5.41) is 3.09. The van der Waals surface area contributed by atoms with Crippen molar-refractivity contribution in [3.05, 3.63) is 112 Å². The number of Topliss-reactive ketones (excluding diaryl/α,β-unsaturated/α-hetero) is 1. The number of imidazole rings is 1. The maximum Gasteiger partial charge on any atom is 0.156 e. The van der Waals surface area contributed by atoms with Crippen molar-refractivity contribution in [1.29, 1.82) is 0 Å². The molecule has 0 fully saturated rings. The van der Waals surface area contributed by atoms with Gasteiger partial charge in [0.05, 0.1) is 24.4 Å². The molecule has 37 heavy (non-hydrogen) atoms. The number of benzene rings is 3. The number of methoxy groups -OCH3 is 1. The van der Waals surface area contributed by atoms with E-state index in [0.29, 0.717) is 28.0 Å². The van der Waals surface area contributed by atoms with E-state index in [0.717, 1.165) is 33.2 Å². The summed E-state index contributed by atoms with van der Waals surface area (Å²) in [6, 6.07) is 20.9. The van der Waals surface area contributed by atoms with Crippen LogP contribution in [0.25, 0.3) is 34.2 Å². The molecule has 184 valence electrons. The van der Waals surface area contributed by atoms with Crippen molar-refractivity contribution >= 4 is 51.9 Å². The summed E-state index contributed by atoms with van der Waals surface area (Å²) in [6.45, 7) is 0.169. The fourth-order valence-electron chi connectivity index (χ4n) is 4.20. The highest BCUT2D eigenvalue weighted by Gasteiger charge is 2.15. The highest BCUT2D eigenvalue weighted by Crippen LogP contribution is 2.30. The van der Waals surface area contributed by atoms with Crippen molar-refractivity contribution in [3.63, 3.8) is 0 Å². The van der Waals surface area contributed by atoms with Gasteiger partial charge in [-0.15, -0.1) is 0 Å². The third kappa shape index (κ3) is 5.74. The monoisotopic (exact) mass is 527 g/mol. The van der Waals surface area contributed by atoms with Crippen molar-refractivity contribution < 1.29 is 9.53 Å². The summed E-state index contributed by atoms with van der Waals surface area (Å²) in [7, 11) is 1.64. The Morgan fingerprint density at radius 2 is 1.86 bits per heavy atom. The molecule has 0 saturated heterocycles. The normalized spacial score (nSPS) is 11.3. The number of ketones is 1. The van der Waals surface area contributed by atoms with E-state index < -0.39 is 0 Å². The van der Waals surface area contributed by atoms with E-state index in [4.69, 9.17) is 32.9 Å². The first-order chi connectivity index (χ1) is 18.0. The summed E-state index contributed by atoms with van der Waals surface area (Å²) < 4.78 is 7.10. The van der Waals surface area contributed by atoms with Crippen LogP contribution in [0, 0.1) is 0 Å². The van der Waals surface area contributed by atoms with Crippen LogP contribution in [-0.2, 0) is 17.8 Å². The topological polar surface area (TPSA) is 57.0 Å². The molecule has 0 unspecified atom stereocenters. The summed E-state index contributed by atoms with van der Waals surface area (Å²) in [5.74, 6) is 1.50. The number of carbonyl (C=O) groups is 1. The Morgan fingerprint density at radius 3 is 2.65 bits per heavy atom. The Bertz CT molecular complexity index is 1600. The lowest BCUT2D eigenvalue weighted by atomic mass is 10.0. The van der Waals surface area contributed by atoms with Crippen molar-refractivity contribution in [2.45, 2.75) is 13.0 Å². The molecule has 0 aliphatic rings. The van der Waals surface area contributed by atoms with Gasteiger partial charge < -0.3 is 9.30 Å². The Balaban J connectivity index is 1.46. The third-order valence-electron chi connectivity index (χ3n) is 6.06. The van der Waals surface area contributed by atoms with Crippen LogP contribution in [0.3, 0.4) is 0 Å². The number of fused-ring (bicyclic) bond motifs is 1. The fraction of sp³-hybridized carbons (Fsp3) is 0.100. The second kappa shape index (κ2) is 11.0. The van der Waals surface area contributed by atoms with Crippen LogP contribution < -0.4 is 4.74 Å². The van der Waals surface area contributed by atoms with Gasteiger partial charge in [-0.1, -0.05) is 59.6 Å². The van der Waals surface area contributed by atoms with Crippen LogP contribution in [0.1, 0.15) is 17.0 Å². The molecule has 0 bridgehead atoms. The van der Waals surface area contributed by atoms with Crippen LogP contribution in [0.15, 0.2) is 85.3 Å². The van der Waals surface area contributed by atoms with E-state index in [1.54, 1.807) is 25.4 Å². The number of hydrogen-bond acceptors (Lipinski definition) is 4. The first kappa shape index (κ1) is 24.8. The zero-order valence-electron chi connectivity index (χ0n) is 20.1. The smallest absolute Gasteiger partial charge is 0.156 e. The van der Waals surface area contributed by atoms with Gasteiger partial charge in [-0.25, -0.2) is 4.98 Å². The van der Waals surface area contributed by atoms with Crippen molar-refractivity contribution in [2.75, 3.05) is 7.11 Å². The van der Waals surface area contributed by atoms with E-state index in [2.05, 4.69) is 4.98 Å². The van der Waals surface area contributed by atoms with Gasteiger partial charge in [0.15, 0.2) is 5.78 Å². The number of hydrogen-bond donors (Lipinski definition) is 0. The minimum Gasteiger partial charge on any atom is -0.497 e. The number of pyridine rings is 1. The van der Waals surface area contributed by atoms with Gasteiger partial charge in [0, 0.05) is 41.0 Å². The lowest BCUT2D eigenvalue weighted by molar-refractivity contribution is -0.119. The number of nitrogens with zero attached hydrogens (tertiary/aromatic N) is 3. The molecular weight excluding hydrogens is 505 g/mol. The second-order valence-electron chi connectivity index (χ2n) is 8.57. The Hall–Kier alpha value is -3.93. The number of aromatic nitrogens is 3. The van der Waals surface area contributed by atoms with Gasteiger partial charge in [0.1, 0.15) is 11.6 Å². The van der Waals surface area contributed by atoms with Gasteiger partial charge in [-0.2, -0.15) is 0 Å². The molecule has 5 aromatic rings. The molecule has 7 heteroatoms. The van der Waals surface area contributed by atoms with Crippen molar-refractivity contribution in [1.82, 2.24) is 14.5 Å². The molecule has 0 aliphatic heterocycles. The van der Waals surface area contributed by atoms with E-state index in [-0.39, 0.29) is 12.3 Å². The van der Waals surface area contributed by atoms with Crippen LogP contribution in [0.5, 0.6) is 5.75 Å². The largest absolute Gasteiger partial charge is 0.497 e. The molecule has 0 radical (unpaired) electrons. The summed E-state index contributed by atoms with van der Waals surface area (Å²) in [6.07, 6.45) is 9.56. The average molecular weight is 528 g/mol. The fourth-order valence-corrected chi connectivity index (χ4v) is 4.71. The first-order valence-corrected chi connectivity index (χ1v) is 12.4. The minimum atomic E-state index is 0.0644. The van der Waals surface area contributed by atoms with E-state index >= 15 is 0 Å². The lowest BCUT2D eigenvalue weighted by Gasteiger charge is -2.08. The number of halogens is 2. The quantitative estimate of drug-likeness (QED) is 0.211. The van der Waals surface area contributed by atoms with E-state index in [1.165, 1.54) is 0 Å². The Labute approximate surface area is 225 Å². The number of ether oxygens (including phenoxy) is 1. The average Bonchev–Trinajstić information content (AvgIpc) is 3.29. The molecule has 0 amide bonds. The zero-order chi connectivity index (χ0) is 25.8. The maximum atomic E-state index is 13.2. The van der Waals surface area contributed by atoms with E-state index in [1.807, 2.05) is 83.7 Å². The molecule has 2 heterocycles. The van der Waals surface area contributed by atoms with Crippen LogP contribution in [0.2, 0.25) is 10.0 Å². The van der Waals surface area contributed by atoms with Crippen molar-refractivity contribution in [2.24, 2.45) is 0 Å². The Morgan fingerprint density at radius 1 is 1.03 bits per heavy atom. The predicted octanol–water partition coefficient (Wildman–Crippen LogP) is 7.40. The molecule has 5 nitrogen and oxygen atoms in total. The van der Waals surface area contributed by atoms with Crippen molar-refractivity contribution in [3.8, 4) is 17.0 Å². The maximum absolute atomic E-state index is 13.2. The summed E-state index contributed by atoms with van der Waals surface area (Å²) in [4.78, 5) is 22.2. The third-order valence-corrected chi connectivity index (χ3v) is 6.61. The van der Waals surface area contributed by atoms with Gasteiger partial charge in [0.2, 0.25) is 0 Å². The minimum absolute atomic E-state index is 0.0644.